The van der Waals surface area contributed by atoms with E-state index in [2.05, 4.69) is 9.71 Å². The number of para-hydroxylation sites is 1. The molecule has 4 rings (SSSR count). The fourth-order valence-electron chi connectivity index (χ4n) is 3.45. The second-order valence-corrected chi connectivity index (χ2v) is 8.51. The highest BCUT2D eigenvalue weighted by Crippen LogP contribution is 2.30. The second kappa shape index (κ2) is 6.88. The summed E-state index contributed by atoms with van der Waals surface area (Å²) < 4.78 is 27.9. The van der Waals surface area contributed by atoms with Crippen molar-refractivity contribution in [3.8, 4) is 0 Å². The van der Waals surface area contributed by atoms with Gasteiger partial charge in [0.2, 0.25) is 15.9 Å². The topological polar surface area (TPSA) is 99.3 Å². The van der Waals surface area contributed by atoms with Gasteiger partial charge in [0.1, 0.15) is 0 Å². The van der Waals surface area contributed by atoms with E-state index in [1.807, 2.05) is 18.2 Å². The molecular formula is C20H19N3O4S. The molecule has 1 aliphatic rings. The third-order valence-corrected chi connectivity index (χ3v) is 6.32. The summed E-state index contributed by atoms with van der Waals surface area (Å²) in [5.41, 5.74) is 2.28. The van der Waals surface area contributed by atoms with Crippen LogP contribution in [0.25, 0.3) is 10.9 Å². The molecule has 2 N–H and O–H groups in total. The van der Waals surface area contributed by atoms with Gasteiger partial charge in [-0.25, -0.2) is 13.1 Å². The van der Waals surface area contributed by atoms with E-state index in [-0.39, 0.29) is 22.9 Å². The molecule has 1 aromatic heterocycles. The molecule has 0 saturated carbocycles. The van der Waals surface area contributed by atoms with Crippen molar-refractivity contribution in [2.24, 2.45) is 0 Å². The number of carbonyl (C=O) groups is 1. The Morgan fingerprint density at radius 3 is 2.75 bits per heavy atom. The van der Waals surface area contributed by atoms with Crippen molar-refractivity contribution >= 4 is 32.5 Å². The van der Waals surface area contributed by atoms with Crippen LogP contribution in [0.1, 0.15) is 18.1 Å². The van der Waals surface area contributed by atoms with E-state index in [0.29, 0.717) is 24.0 Å². The summed E-state index contributed by atoms with van der Waals surface area (Å²) in [4.78, 5) is 28.4. The molecular weight excluding hydrogens is 378 g/mol. The number of aromatic amines is 1. The number of pyridine rings is 1. The zero-order chi connectivity index (χ0) is 19.9. The predicted octanol–water partition coefficient (Wildman–Crippen LogP) is 1.92. The van der Waals surface area contributed by atoms with Crippen LogP contribution in [0.2, 0.25) is 0 Å². The number of carbonyl (C=O) groups excluding carboxylic acids is 1. The number of H-pyrrole nitrogens is 1. The number of sulfonamides is 1. The maximum atomic E-state index is 12.7. The molecule has 3 aromatic rings. The molecule has 0 saturated heterocycles. The Morgan fingerprint density at radius 2 is 1.96 bits per heavy atom. The number of amides is 1. The first-order valence-electron chi connectivity index (χ1n) is 8.87. The molecule has 1 amide bonds. The van der Waals surface area contributed by atoms with Crippen LogP contribution in [0.3, 0.4) is 0 Å². The first-order chi connectivity index (χ1) is 13.3. The summed E-state index contributed by atoms with van der Waals surface area (Å²) in [7, 11) is -3.79. The van der Waals surface area contributed by atoms with E-state index in [1.54, 1.807) is 29.2 Å². The lowest BCUT2D eigenvalue weighted by atomic mass is 10.1. The quantitative estimate of drug-likeness (QED) is 0.702. The predicted molar refractivity (Wildman–Crippen MR) is 107 cm³/mol. The Morgan fingerprint density at radius 1 is 1.18 bits per heavy atom. The van der Waals surface area contributed by atoms with Crippen molar-refractivity contribution in [2.75, 3.05) is 11.4 Å². The minimum atomic E-state index is -3.79. The summed E-state index contributed by atoms with van der Waals surface area (Å²) in [6.07, 6.45) is 0.614. The van der Waals surface area contributed by atoms with E-state index in [9.17, 15) is 18.0 Å². The van der Waals surface area contributed by atoms with Crippen molar-refractivity contribution < 1.29 is 13.2 Å². The van der Waals surface area contributed by atoms with E-state index >= 15 is 0 Å². The number of hydrogen-bond acceptors (Lipinski definition) is 4. The SMILES string of the molecule is CC(=O)N1CCc2cc(S(=O)(=O)NCc3cc4ccccc4[nH]c3=O)ccc21. The van der Waals surface area contributed by atoms with E-state index in [1.165, 1.54) is 13.0 Å². The fourth-order valence-corrected chi connectivity index (χ4v) is 4.51. The molecule has 28 heavy (non-hydrogen) atoms. The number of nitrogens with one attached hydrogen (secondary N) is 2. The van der Waals surface area contributed by atoms with Gasteiger partial charge in [0.25, 0.3) is 5.56 Å². The number of nitrogens with zero attached hydrogens (tertiary/aromatic N) is 1. The average Bonchev–Trinajstić information content (AvgIpc) is 3.10. The van der Waals surface area contributed by atoms with E-state index in [0.717, 1.165) is 16.6 Å². The summed E-state index contributed by atoms with van der Waals surface area (Å²) in [6.45, 7) is 1.93. The first kappa shape index (κ1) is 18.4. The number of rotatable bonds is 4. The molecule has 0 spiro atoms. The van der Waals surface area contributed by atoms with Gasteiger partial charge in [-0.3, -0.25) is 9.59 Å². The van der Waals surface area contributed by atoms with Crippen LogP contribution in [0, 0.1) is 0 Å². The van der Waals surface area contributed by atoms with Crippen molar-refractivity contribution in [1.82, 2.24) is 9.71 Å². The maximum absolute atomic E-state index is 12.7. The van der Waals surface area contributed by atoms with Crippen LogP contribution in [-0.2, 0) is 27.8 Å². The lowest BCUT2D eigenvalue weighted by Crippen LogP contribution is -2.27. The monoisotopic (exact) mass is 397 g/mol. The molecule has 0 radical (unpaired) electrons. The Balaban J connectivity index is 1.58. The van der Waals surface area contributed by atoms with Crippen molar-refractivity contribution in [3.63, 3.8) is 0 Å². The van der Waals surface area contributed by atoms with Gasteiger partial charge in [0.05, 0.1) is 4.90 Å². The minimum Gasteiger partial charge on any atom is -0.322 e. The number of aromatic nitrogens is 1. The van der Waals surface area contributed by atoms with Crippen molar-refractivity contribution in [3.05, 3.63) is 70.0 Å². The van der Waals surface area contributed by atoms with Gasteiger partial charge in [-0.05, 0) is 47.7 Å². The van der Waals surface area contributed by atoms with Crippen LogP contribution < -0.4 is 15.2 Å². The zero-order valence-electron chi connectivity index (χ0n) is 15.2. The highest BCUT2D eigenvalue weighted by Gasteiger charge is 2.24. The molecule has 0 aliphatic carbocycles. The highest BCUT2D eigenvalue weighted by atomic mass is 32.2. The third-order valence-electron chi connectivity index (χ3n) is 4.92. The fraction of sp³-hybridized carbons (Fsp3) is 0.200. The molecule has 2 aromatic carbocycles. The summed E-state index contributed by atoms with van der Waals surface area (Å²) in [5.74, 6) is -0.0667. The maximum Gasteiger partial charge on any atom is 0.252 e. The lowest BCUT2D eigenvalue weighted by molar-refractivity contribution is -0.116. The molecule has 0 unspecified atom stereocenters. The van der Waals surface area contributed by atoms with Crippen LogP contribution >= 0.6 is 0 Å². The van der Waals surface area contributed by atoms with E-state index < -0.39 is 10.0 Å². The number of fused-ring (bicyclic) bond motifs is 2. The van der Waals surface area contributed by atoms with Gasteiger partial charge in [-0.2, -0.15) is 0 Å². The number of hydrogen-bond donors (Lipinski definition) is 2. The van der Waals surface area contributed by atoms with Gasteiger partial charge in [0, 0.05) is 36.8 Å². The molecule has 7 nitrogen and oxygen atoms in total. The highest BCUT2D eigenvalue weighted by molar-refractivity contribution is 7.89. The molecule has 2 heterocycles. The van der Waals surface area contributed by atoms with Crippen molar-refractivity contribution in [1.29, 1.82) is 0 Å². The zero-order valence-corrected chi connectivity index (χ0v) is 16.0. The molecule has 1 aliphatic heterocycles. The molecule has 8 heteroatoms. The normalized spacial score (nSPS) is 13.7. The summed E-state index contributed by atoms with van der Waals surface area (Å²) in [6, 6.07) is 13.7. The second-order valence-electron chi connectivity index (χ2n) is 6.75. The lowest BCUT2D eigenvalue weighted by Gasteiger charge is -2.15. The van der Waals surface area contributed by atoms with Gasteiger partial charge in [-0.15, -0.1) is 0 Å². The Labute approximate surface area is 162 Å². The Kier molecular flexibility index (Phi) is 4.52. The molecule has 0 bridgehead atoms. The minimum absolute atomic E-state index is 0.0667. The molecule has 0 atom stereocenters. The van der Waals surface area contributed by atoms with Crippen LogP contribution in [-0.4, -0.2) is 25.9 Å². The molecule has 0 fully saturated rings. The smallest absolute Gasteiger partial charge is 0.252 e. The molecule has 144 valence electrons. The van der Waals surface area contributed by atoms with Gasteiger partial charge >= 0.3 is 0 Å². The first-order valence-corrected chi connectivity index (χ1v) is 10.3. The van der Waals surface area contributed by atoms with Gasteiger partial charge < -0.3 is 9.88 Å². The van der Waals surface area contributed by atoms with Crippen LogP contribution in [0.15, 0.2) is 58.2 Å². The van der Waals surface area contributed by atoms with Gasteiger partial charge in [0.15, 0.2) is 0 Å². The standard InChI is InChI=1S/C20H19N3O4S/c1-13(24)23-9-8-15-11-17(6-7-19(15)23)28(26,27)21-12-16-10-14-4-2-3-5-18(14)22-20(16)25/h2-7,10-11,21H,8-9,12H2,1H3,(H,22,25). The van der Waals surface area contributed by atoms with Crippen molar-refractivity contribution in [2.45, 2.75) is 24.8 Å². The summed E-state index contributed by atoms with van der Waals surface area (Å²) >= 11 is 0. The Bertz CT molecular complexity index is 1250. The summed E-state index contributed by atoms with van der Waals surface area (Å²) in [5, 5.41) is 0.832. The third kappa shape index (κ3) is 3.32. The largest absolute Gasteiger partial charge is 0.322 e. The average molecular weight is 397 g/mol. The number of anilines is 1. The van der Waals surface area contributed by atoms with E-state index in [4.69, 9.17) is 0 Å². The Hall–Kier alpha value is -2.97. The number of benzene rings is 2. The van der Waals surface area contributed by atoms with Gasteiger partial charge in [-0.1, -0.05) is 18.2 Å². The van der Waals surface area contributed by atoms with Crippen LogP contribution in [0.5, 0.6) is 0 Å². The van der Waals surface area contributed by atoms with Crippen LogP contribution in [0.4, 0.5) is 5.69 Å².